The number of rotatable bonds is 6. The van der Waals surface area contributed by atoms with Crippen LogP contribution in [0.1, 0.15) is 37.0 Å². The van der Waals surface area contributed by atoms with Crippen molar-refractivity contribution in [3.8, 4) is 11.1 Å². The van der Waals surface area contributed by atoms with Crippen molar-refractivity contribution in [3.63, 3.8) is 0 Å². The Morgan fingerprint density at radius 2 is 1.76 bits per heavy atom. The van der Waals surface area contributed by atoms with E-state index < -0.39 is 17.8 Å². The van der Waals surface area contributed by atoms with E-state index in [4.69, 9.17) is 12.2 Å². The van der Waals surface area contributed by atoms with E-state index in [1.807, 2.05) is 31.2 Å². The highest BCUT2D eigenvalue weighted by Crippen LogP contribution is 2.37. The Balaban J connectivity index is 1.51. The van der Waals surface area contributed by atoms with Crippen LogP contribution in [0, 0.1) is 12.7 Å². The molecule has 0 radical (unpaired) electrons. The smallest absolute Gasteiger partial charge is 0.270 e. The number of benzene rings is 3. The van der Waals surface area contributed by atoms with Crippen molar-refractivity contribution >= 4 is 40.2 Å². The molecule has 1 saturated heterocycles. The van der Waals surface area contributed by atoms with Crippen molar-refractivity contribution in [1.82, 2.24) is 5.32 Å². The van der Waals surface area contributed by atoms with E-state index in [9.17, 15) is 13.6 Å². The topological polar surface area (TPSA) is 44.4 Å². The molecule has 8 heteroatoms. The number of aryl methyl sites for hydroxylation is 1. The summed E-state index contributed by atoms with van der Waals surface area (Å²) >= 11 is 5.34. The predicted octanol–water partition coefficient (Wildman–Crippen LogP) is 7.04. The van der Waals surface area contributed by atoms with Crippen LogP contribution in [-0.4, -0.2) is 23.6 Å². The highest BCUT2D eigenvalue weighted by atomic mass is 32.1. The Bertz CT molecular complexity index is 1370. The third-order valence-electron chi connectivity index (χ3n) is 6.43. The van der Waals surface area contributed by atoms with E-state index in [2.05, 4.69) is 17.2 Å². The molecule has 1 amide bonds. The molecule has 3 aromatic rings. The molecule has 0 aromatic heterocycles. The fourth-order valence-electron chi connectivity index (χ4n) is 4.50. The minimum absolute atomic E-state index is 0.104. The highest BCUT2D eigenvalue weighted by Gasteiger charge is 2.35. The number of anilines is 2. The van der Waals surface area contributed by atoms with E-state index in [0.717, 1.165) is 18.1 Å². The SMILES string of the molecule is C=C(C)c1c(N2CC[C@@H](NC(=S)Nc3ccc(C(C)(F)F)cc3)C2=O)ccc(-c2ccccc2C)c1F. The predicted molar refractivity (Wildman–Crippen MR) is 147 cm³/mol. The molecule has 0 bridgehead atoms. The van der Waals surface area contributed by atoms with Gasteiger partial charge in [-0.15, -0.1) is 0 Å². The first-order valence-electron chi connectivity index (χ1n) is 11.9. The molecule has 1 heterocycles. The third kappa shape index (κ3) is 5.54. The van der Waals surface area contributed by atoms with Crippen molar-refractivity contribution < 1.29 is 18.0 Å². The number of hydrogen-bond acceptors (Lipinski definition) is 2. The van der Waals surface area contributed by atoms with Gasteiger partial charge in [-0.25, -0.2) is 13.2 Å². The van der Waals surface area contributed by atoms with Crippen molar-refractivity contribution in [2.75, 3.05) is 16.8 Å². The Kier molecular flexibility index (Phi) is 7.41. The van der Waals surface area contributed by atoms with Crippen LogP contribution in [0.2, 0.25) is 0 Å². The number of nitrogens with one attached hydrogen (secondary N) is 2. The number of carbonyl (C=O) groups excluding carboxylic acids is 1. The number of carbonyl (C=O) groups is 1. The Morgan fingerprint density at radius 3 is 2.38 bits per heavy atom. The van der Waals surface area contributed by atoms with E-state index in [0.29, 0.717) is 41.0 Å². The van der Waals surface area contributed by atoms with Crippen LogP contribution in [0.3, 0.4) is 0 Å². The molecule has 4 nitrogen and oxygen atoms in total. The minimum atomic E-state index is -2.93. The summed E-state index contributed by atoms with van der Waals surface area (Å²) in [6.07, 6.45) is 0.457. The van der Waals surface area contributed by atoms with Gasteiger partial charge in [0.05, 0.1) is 5.69 Å². The first-order chi connectivity index (χ1) is 17.5. The van der Waals surface area contributed by atoms with Gasteiger partial charge in [-0.2, -0.15) is 0 Å². The van der Waals surface area contributed by atoms with Gasteiger partial charge in [0.2, 0.25) is 5.91 Å². The number of thiocarbonyl (C=S) groups is 1. The number of allylic oxidation sites excluding steroid dienone is 1. The zero-order chi connectivity index (χ0) is 26.9. The average Bonchev–Trinajstić information content (AvgIpc) is 3.18. The summed E-state index contributed by atoms with van der Waals surface area (Å²) in [6.45, 7) is 8.82. The van der Waals surface area contributed by atoms with Gasteiger partial charge >= 0.3 is 0 Å². The number of amides is 1. The van der Waals surface area contributed by atoms with E-state index in [1.165, 1.54) is 24.3 Å². The molecule has 0 aliphatic carbocycles. The molecule has 2 N–H and O–H groups in total. The summed E-state index contributed by atoms with van der Waals surface area (Å²) in [4.78, 5) is 14.8. The van der Waals surface area contributed by atoms with Gasteiger partial charge < -0.3 is 15.5 Å². The molecule has 0 saturated carbocycles. The lowest BCUT2D eigenvalue weighted by Crippen LogP contribution is -2.43. The van der Waals surface area contributed by atoms with Gasteiger partial charge in [0.25, 0.3) is 5.92 Å². The maximum absolute atomic E-state index is 15.8. The van der Waals surface area contributed by atoms with E-state index in [1.54, 1.807) is 24.0 Å². The van der Waals surface area contributed by atoms with Crippen LogP contribution in [0.25, 0.3) is 16.7 Å². The number of halogens is 3. The van der Waals surface area contributed by atoms with Crippen LogP contribution in [0.15, 0.2) is 67.2 Å². The molecular weight excluding hydrogens is 495 g/mol. The molecular formula is C29H28F3N3OS. The molecule has 1 aliphatic heterocycles. The quantitative estimate of drug-likeness (QED) is 0.340. The summed E-state index contributed by atoms with van der Waals surface area (Å²) < 4.78 is 42.7. The zero-order valence-electron chi connectivity index (χ0n) is 20.9. The van der Waals surface area contributed by atoms with E-state index >= 15 is 4.39 Å². The molecule has 1 atom stereocenters. The summed E-state index contributed by atoms with van der Waals surface area (Å²) in [5.41, 5.74) is 3.90. The summed E-state index contributed by atoms with van der Waals surface area (Å²) in [5.74, 6) is -3.59. The lowest BCUT2D eigenvalue weighted by molar-refractivity contribution is -0.118. The zero-order valence-corrected chi connectivity index (χ0v) is 21.7. The van der Waals surface area contributed by atoms with Gasteiger partial charge in [0.1, 0.15) is 11.9 Å². The normalized spacial score (nSPS) is 15.6. The lowest BCUT2D eigenvalue weighted by Gasteiger charge is -2.23. The molecule has 1 aliphatic rings. The molecule has 0 unspecified atom stereocenters. The first-order valence-corrected chi connectivity index (χ1v) is 12.3. The standard InChI is InChI=1S/C29H28F3N3OS/c1-17(2)25-24(14-13-22(26(25)30)21-8-6-5-7-18(21)3)35-16-15-23(27(35)36)34-28(37)33-20-11-9-19(10-12-20)29(4,31)32/h5-14,23H,1,15-16H2,2-4H3,(H2,33,34,37)/t23-/m1/s1. The van der Waals surface area contributed by atoms with Crippen LogP contribution in [-0.2, 0) is 10.7 Å². The summed E-state index contributed by atoms with van der Waals surface area (Å²) in [5, 5.41) is 6.11. The maximum Gasteiger partial charge on any atom is 0.270 e. The van der Waals surface area contributed by atoms with Gasteiger partial charge in [-0.05, 0) is 73.5 Å². The fraction of sp³-hybridized carbons (Fsp3) is 0.241. The van der Waals surface area contributed by atoms with Gasteiger partial charge in [0.15, 0.2) is 5.11 Å². The largest absolute Gasteiger partial charge is 0.351 e. The molecule has 192 valence electrons. The second-order valence-corrected chi connectivity index (χ2v) is 9.72. The molecule has 37 heavy (non-hydrogen) atoms. The van der Waals surface area contributed by atoms with Crippen LogP contribution >= 0.6 is 12.2 Å². The lowest BCUT2D eigenvalue weighted by atomic mass is 9.94. The Hall–Kier alpha value is -3.65. The molecule has 4 rings (SSSR count). The Labute approximate surface area is 220 Å². The van der Waals surface area contributed by atoms with Crippen molar-refractivity contribution in [2.45, 2.75) is 39.2 Å². The summed E-state index contributed by atoms with van der Waals surface area (Å²) in [7, 11) is 0. The minimum Gasteiger partial charge on any atom is -0.351 e. The van der Waals surface area contributed by atoms with Crippen LogP contribution in [0.5, 0.6) is 0 Å². The van der Waals surface area contributed by atoms with Gasteiger partial charge in [-0.1, -0.05) is 43.0 Å². The number of nitrogens with zero attached hydrogens (tertiary/aromatic N) is 1. The molecule has 3 aromatic carbocycles. The highest BCUT2D eigenvalue weighted by molar-refractivity contribution is 7.80. The summed E-state index contributed by atoms with van der Waals surface area (Å²) in [6, 6.07) is 16.0. The van der Waals surface area contributed by atoms with Crippen molar-refractivity contribution in [1.29, 1.82) is 0 Å². The fourth-order valence-corrected chi connectivity index (χ4v) is 4.76. The van der Waals surface area contributed by atoms with Crippen molar-refractivity contribution in [3.05, 3.63) is 89.8 Å². The first kappa shape index (κ1) is 26.4. The van der Waals surface area contributed by atoms with Gasteiger partial charge in [0, 0.05) is 35.8 Å². The number of alkyl halides is 2. The van der Waals surface area contributed by atoms with Crippen LogP contribution < -0.4 is 15.5 Å². The number of hydrogen-bond donors (Lipinski definition) is 2. The van der Waals surface area contributed by atoms with Gasteiger partial charge in [-0.3, -0.25) is 4.79 Å². The second kappa shape index (κ2) is 10.4. The monoisotopic (exact) mass is 523 g/mol. The van der Waals surface area contributed by atoms with E-state index in [-0.39, 0.29) is 16.6 Å². The van der Waals surface area contributed by atoms with Crippen LogP contribution in [0.4, 0.5) is 24.5 Å². The Morgan fingerprint density at radius 1 is 1.08 bits per heavy atom. The second-order valence-electron chi connectivity index (χ2n) is 9.31. The molecule has 1 fully saturated rings. The van der Waals surface area contributed by atoms with Crippen molar-refractivity contribution in [2.24, 2.45) is 0 Å². The third-order valence-corrected chi connectivity index (χ3v) is 6.65. The maximum atomic E-state index is 15.8. The average molecular weight is 524 g/mol. The molecule has 0 spiro atoms.